The van der Waals surface area contributed by atoms with Gasteiger partial charge in [-0.3, -0.25) is 0 Å². The standard InChI is InChI=1S/C16H24N2O3/c1-18-9-4-3-5-12(18)8-10-21-16(19)14-11-13(20-2)6-7-15(14)17/h6-7,11-12H,3-5,8-10,17H2,1-2H3. The van der Waals surface area contributed by atoms with Crippen LogP contribution in [0.15, 0.2) is 18.2 Å². The van der Waals surface area contributed by atoms with Crippen LogP contribution in [0.2, 0.25) is 0 Å². The molecule has 1 saturated heterocycles. The summed E-state index contributed by atoms with van der Waals surface area (Å²) >= 11 is 0. The average Bonchev–Trinajstić information content (AvgIpc) is 2.49. The van der Waals surface area contributed by atoms with Crippen molar-refractivity contribution in [2.45, 2.75) is 31.7 Å². The van der Waals surface area contributed by atoms with Crippen molar-refractivity contribution in [3.8, 4) is 5.75 Å². The first-order valence-corrected chi connectivity index (χ1v) is 7.42. The van der Waals surface area contributed by atoms with E-state index >= 15 is 0 Å². The Morgan fingerprint density at radius 3 is 2.95 bits per heavy atom. The lowest BCUT2D eigenvalue weighted by molar-refractivity contribution is 0.0451. The Morgan fingerprint density at radius 1 is 1.43 bits per heavy atom. The van der Waals surface area contributed by atoms with Gasteiger partial charge in [-0.15, -0.1) is 0 Å². The number of hydrogen-bond donors (Lipinski definition) is 1. The molecule has 5 heteroatoms. The molecule has 116 valence electrons. The number of hydrogen-bond acceptors (Lipinski definition) is 5. The number of rotatable bonds is 5. The number of piperidine rings is 1. The lowest BCUT2D eigenvalue weighted by atomic mass is 10.0. The van der Waals surface area contributed by atoms with Crippen LogP contribution in [0, 0.1) is 0 Å². The smallest absolute Gasteiger partial charge is 0.340 e. The van der Waals surface area contributed by atoms with Gasteiger partial charge in [0, 0.05) is 11.7 Å². The Bertz CT molecular complexity index is 490. The molecule has 0 aliphatic carbocycles. The van der Waals surface area contributed by atoms with E-state index in [0.717, 1.165) is 13.0 Å². The number of esters is 1. The van der Waals surface area contributed by atoms with Gasteiger partial charge >= 0.3 is 5.97 Å². The minimum absolute atomic E-state index is 0.367. The van der Waals surface area contributed by atoms with Gasteiger partial charge in [-0.25, -0.2) is 4.79 Å². The van der Waals surface area contributed by atoms with E-state index < -0.39 is 0 Å². The molecule has 0 saturated carbocycles. The average molecular weight is 292 g/mol. The van der Waals surface area contributed by atoms with Crippen molar-refractivity contribution in [3.63, 3.8) is 0 Å². The molecule has 2 N–H and O–H groups in total. The van der Waals surface area contributed by atoms with E-state index in [-0.39, 0.29) is 5.97 Å². The molecule has 1 heterocycles. The Labute approximate surface area is 126 Å². The van der Waals surface area contributed by atoms with Crippen molar-refractivity contribution in [2.24, 2.45) is 0 Å². The molecule has 1 aliphatic rings. The molecular weight excluding hydrogens is 268 g/mol. The molecular formula is C16H24N2O3. The molecule has 0 spiro atoms. The van der Waals surface area contributed by atoms with Crippen molar-refractivity contribution >= 4 is 11.7 Å². The number of ether oxygens (including phenoxy) is 2. The summed E-state index contributed by atoms with van der Waals surface area (Å²) in [6.07, 6.45) is 4.56. The SMILES string of the molecule is COc1ccc(N)c(C(=O)OCCC2CCCCN2C)c1. The van der Waals surface area contributed by atoms with Gasteiger partial charge in [-0.2, -0.15) is 0 Å². The minimum Gasteiger partial charge on any atom is -0.497 e. The van der Waals surface area contributed by atoms with Crippen LogP contribution in [0.1, 0.15) is 36.0 Å². The van der Waals surface area contributed by atoms with Gasteiger partial charge in [0.05, 0.1) is 19.3 Å². The molecule has 21 heavy (non-hydrogen) atoms. The van der Waals surface area contributed by atoms with E-state index in [2.05, 4.69) is 11.9 Å². The highest BCUT2D eigenvalue weighted by Crippen LogP contribution is 2.21. The second-order valence-corrected chi connectivity index (χ2v) is 5.51. The molecule has 0 amide bonds. The molecule has 2 rings (SSSR count). The van der Waals surface area contributed by atoms with Gasteiger partial charge < -0.3 is 20.1 Å². The third-order valence-electron chi connectivity index (χ3n) is 4.09. The molecule has 0 bridgehead atoms. The Kier molecular flexibility index (Phi) is 5.44. The lowest BCUT2D eigenvalue weighted by Gasteiger charge is -2.32. The van der Waals surface area contributed by atoms with Crippen LogP contribution >= 0.6 is 0 Å². The third kappa shape index (κ3) is 4.11. The maximum absolute atomic E-state index is 12.1. The maximum atomic E-state index is 12.1. The molecule has 0 aromatic heterocycles. The van der Waals surface area contributed by atoms with Crippen molar-refractivity contribution in [2.75, 3.05) is 33.0 Å². The zero-order valence-corrected chi connectivity index (χ0v) is 12.8. The second-order valence-electron chi connectivity index (χ2n) is 5.51. The summed E-state index contributed by atoms with van der Waals surface area (Å²) in [6.45, 7) is 1.55. The van der Waals surface area contributed by atoms with E-state index in [1.807, 2.05) is 0 Å². The number of carbonyl (C=O) groups excluding carboxylic acids is 1. The van der Waals surface area contributed by atoms with Crippen LogP contribution < -0.4 is 10.5 Å². The van der Waals surface area contributed by atoms with E-state index in [1.165, 1.54) is 19.3 Å². The van der Waals surface area contributed by atoms with Crippen molar-refractivity contribution in [3.05, 3.63) is 23.8 Å². The fourth-order valence-corrected chi connectivity index (χ4v) is 2.71. The maximum Gasteiger partial charge on any atom is 0.340 e. The predicted octanol–water partition coefficient (Wildman–Crippen LogP) is 2.31. The number of carbonyl (C=O) groups is 1. The molecule has 1 aromatic carbocycles. The van der Waals surface area contributed by atoms with Gasteiger partial charge in [0.2, 0.25) is 0 Å². The van der Waals surface area contributed by atoms with Crippen molar-refractivity contribution < 1.29 is 14.3 Å². The number of nitrogen functional groups attached to an aromatic ring is 1. The van der Waals surface area contributed by atoms with Crippen LogP contribution in [0.4, 0.5) is 5.69 Å². The van der Waals surface area contributed by atoms with Crippen LogP contribution in [0.3, 0.4) is 0 Å². The summed E-state index contributed by atoms with van der Waals surface area (Å²) in [5.41, 5.74) is 6.60. The van der Waals surface area contributed by atoms with Gasteiger partial charge in [-0.05, 0) is 51.1 Å². The number of anilines is 1. The number of likely N-dealkylation sites (tertiary alicyclic amines) is 1. The first kappa shape index (κ1) is 15.6. The number of nitrogens with two attached hydrogens (primary N) is 1. The van der Waals surface area contributed by atoms with Gasteiger partial charge in [0.25, 0.3) is 0 Å². The highest BCUT2D eigenvalue weighted by atomic mass is 16.5. The van der Waals surface area contributed by atoms with Crippen LogP contribution in [-0.4, -0.2) is 44.2 Å². The second kappa shape index (κ2) is 7.31. The number of benzene rings is 1. The van der Waals surface area contributed by atoms with Gasteiger partial charge in [0.1, 0.15) is 5.75 Å². The zero-order chi connectivity index (χ0) is 15.2. The van der Waals surface area contributed by atoms with Gasteiger partial charge in [-0.1, -0.05) is 6.42 Å². The molecule has 1 atom stereocenters. The van der Waals surface area contributed by atoms with E-state index in [9.17, 15) is 4.79 Å². The molecule has 5 nitrogen and oxygen atoms in total. The predicted molar refractivity (Wildman–Crippen MR) is 82.6 cm³/mol. The Hall–Kier alpha value is -1.75. The summed E-state index contributed by atoms with van der Waals surface area (Å²) < 4.78 is 10.5. The topological polar surface area (TPSA) is 64.8 Å². The summed E-state index contributed by atoms with van der Waals surface area (Å²) in [5, 5.41) is 0. The molecule has 0 radical (unpaired) electrons. The highest BCUT2D eigenvalue weighted by molar-refractivity contribution is 5.95. The Morgan fingerprint density at radius 2 is 2.24 bits per heavy atom. The quantitative estimate of drug-likeness (QED) is 0.666. The fourth-order valence-electron chi connectivity index (χ4n) is 2.71. The summed E-state index contributed by atoms with van der Waals surface area (Å²) in [5.74, 6) is 0.216. The zero-order valence-electron chi connectivity index (χ0n) is 12.8. The molecule has 1 fully saturated rings. The molecule has 1 unspecified atom stereocenters. The summed E-state index contributed by atoms with van der Waals surface area (Å²) in [6, 6.07) is 5.51. The summed E-state index contributed by atoms with van der Waals surface area (Å²) in [4.78, 5) is 14.4. The first-order valence-electron chi connectivity index (χ1n) is 7.42. The lowest BCUT2D eigenvalue weighted by Crippen LogP contribution is -2.37. The minimum atomic E-state index is -0.384. The van der Waals surface area contributed by atoms with Crippen LogP contribution in [0.5, 0.6) is 5.75 Å². The Balaban J connectivity index is 1.87. The fraction of sp³-hybridized carbons (Fsp3) is 0.562. The van der Waals surface area contributed by atoms with E-state index in [0.29, 0.717) is 29.6 Å². The van der Waals surface area contributed by atoms with Crippen molar-refractivity contribution in [1.82, 2.24) is 4.90 Å². The monoisotopic (exact) mass is 292 g/mol. The van der Waals surface area contributed by atoms with Crippen LogP contribution in [0.25, 0.3) is 0 Å². The normalized spacial score (nSPS) is 19.2. The molecule has 1 aliphatic heterocycles. The largest absolute Gasteiger partial charge is 0.497 e. The van der Waals surface area contributed by atoms with Crippen molar-refractivity contribution in [1.29, 1.82) is 0 Å². The van der Waals surface area contributed by atoms with Gasteiger partial charge in [0.15, 0.2) is 0 Å². The van der Waals surface area contributed by atoms with E-state index in [4.69, 9.17) is 15.2 Å². The third-order valence-corrected chi connectivity index (χ3v) is 4.09. The number of nitrogens with zero attached hydrogens (tertiary/aromatic N) is 1. The molecule has 1 aromatic rings. The highest BCUT2D eigenvalue weighted by Gasteiger charge is 2.19. The van der Waals surface area contributed by atoms with E-state index in [1.54, 1.807) is 25.3 Å². The number of methoxy groups -OCH3 is 1. The first-order chi connectivity index (χ1) is 10.1. The summed E-state index contributed by atoms with van der Waals surface area (Å²) in [7, 11) is 3.69. The van der Waals surface area contributed by atoms with Crippen LogP contribution in [-0.2, 0) is 4.74 Å².